The number of likely N-dealkylation sites (tertiary alicyclic amines) is 1. The van der Waals surface area contributed by atoms with Crippen LogP contribution in [0.5, 0.6) is 0 Å². The molecule has 2 atom stereocenters. The van der Waals surface area contributed by atoms with Crippen molar-refractivity contribution in [2.75, 3.05) is 25.5 Å². The topological polar surface area (TPSA) is 105 Å². The van der Waals surface area contributed by atoms with Crippen LogP contribution >= 0.6 is 0 Å². The van der Waals surface area contributed by atoms with Crippen LogP contribution in [0.15, 0.2) is 60.0 Å². The Labute approximate surface area is 223 Å². The highest BCUT2D eigenvalue weighted by atomic mass is 19.2. The molecule has 1 amide bonds. The molecule has 5 rings (SSSR count). The van der Waals surface area contributed by atoms with Crippen molar-refractivity contribution in [2.24, 2.45) is 5.92 Å². The number of nitrogens with one attached hydrogen (secondary N) is 2. The van der Waals surface area contributed by atoms with Gasteiger partial charge in [0.05, 0.1) is 18.4 Å². The lowest BCUT2D eigenvalue weighted by molar-refractivity contribution is 0.0948. The number of anilines is 1. The summed E-state index contributed by atoms with van der Waals surface area (Å²) < 4.78 is 28.0. The molecule has 1 saturated heterocycles. The zero-order chi connectivity index (χ0) is 27.5. The Morgan fingerprint density at radius 1 is 1.10 bits per heavy atom. The van der Waals surface area contributed by atoms with Crippen LogP contribution in [0.2, 0.25) is 0 Å². The predicted molar refractivity (Wildman–Crippen MR) is 143 cm³/mol. The number of nitrogens with zero attached hydrogens (tertiary/aromatic N) is 5. The van der Waals surface area contributed by atoms with Gasteiger partial charge in [0.15, 0.2) is 11.6 Å². The number of halogens is 2. The number of hydrogen-bond donors (Lipinski definition) is 2. The number of piperidine rings is 1. The SMILES string of the molecule is CC1CN(C)CCC1Nc1ncnc2ccc(CNC(=O)c3cncn(Cc4ccc(F)c(F)c4)c3=O)cc12. The largest absolute Gasteiger partial charge is 0.366 e. The smallest absolute Gasteiger partial charge is 0.266 e. The molecule has 39 heavy (non-hydrogen) atoms. The molecule has 1 fully saturated rings. The van der Waals surface area contributed by atoms with Crippen molar-refractivity contribution in [3.63, 3.8) is 0 Å². The monoisotopic (exact) mass is 533 g/mol. The molecule has 2 N–H and O–H groups in total. The number of hydrogen-bond acceptors (Lipinski definition) is 7. The molecule has 202 valence electrons. The molecular formula is C28H29F2N7O2. The van der Waals surface area contributed by atoms with Gasteiger partial charge in [-0.05, 0) is 61.3 Å². The average Bonchev–Trinajstić information content (AvgIpc) is 2.92. The van der Waals surface area contributed by atoms with E-state index in [-0.39, 0.29) is 18.7 Å². The summed E-state index contributed by atoms with van der Waals surface area (Å²) in [6, 6.07) is 9.34. The zero-order valence-electron chi connectivity index (χ0n) is 21.7. The lowest BCUT2D eigenvalue weighted by Gasteiger charge is -2.35. The highest BCUT2D eigenvalue weighted by Crippen LogP contribution is 2.25. The maximum Gasteiger partial charge on any atom is 0.266 e. The molecule has 0 radical (unpaired) electrons. The van der Waals surface area contributed by atoms with Crippen LogP contribution in [0.1, 0.15) is 34.8 Å². The van der Waals surface area contributed by atoms with E-state index in [1.54, 1.807) is 6.33 Å². The molecule has 0 saturated carbocycles. The summed E-state index contributed by atoms with van der Waals surface area (Å²) >= 11 is 0. The van der Waals surface area contributed by atoms with Crippen molar-refractivity contribution in [3.8, 4) is 0 Å². The normalized spacial score (nSPS) is 17.7. The quantitative estimate of drug-likeness (QED) is 0.376. The van der Waals surface area contributed by atoms with Gasteiger partial charge in [0, 0.05) is 30.7 Å². The summed E-state index contributed by atoms with van der Waals surface area (Å²) in [7, 11) is 2.13. The maximum absolute atomic E-state index is 13.6. The molecule has 1 aliphatic heterocycles. The van der Waals surface area contributed by atoms with E-state index in [0.29, 0.717) is 17.5 Å². The second-order valence-electron chi connectivity index (χ2n) is 10.0. The third-order valence-corrected chi connectivity index (χ3v) is 7.07. The third-order valence-electron chi connectivity index (χ3n) is 7.07. The first-order chi connectivity index (χ1) is 18.8. The van der Waals surface area contributed by atoms with E-state index >= 15 is 0 Å². The fraction of sp³-hybridized carbons (Fsp3) is 0.321. The van der Waals surface area contributed by atoms with E-state index in [1.807, 2.05) is 18.2 Å². The summed E-state index contributed by atoms with van der Waals surface area (Å²) in [4.78, 5) is 40.9. The Morgan fingerprint density at radius 3 is 2.72 bits per heavy atom. The summed E-state index contributed by atoms with van der Waals surface area (Å²) in [5, 5.41) is 7.22. The Hall–Kier alpha value is -4.25. The van der Waals surface area contributed by atoms with Gasteiger partial charge >= 0.3 is 0 Å². The van der Waals surface area contributed by atoms with Gasteiger partial charge in [-0.3, -0.25) is 14.2 Å². The minimum atomic E-state index is -1.01. The number of benzene rings is 2. The number of carbonyl (C=O) groups is 1. The average molecular weight is 534 g/mol. The van der Waals surface area contributed by atoms with E-state index in [0.717, 1.165) is 53.9 Å². The number of rotatable bonds is 7. The van der Waals surface area contributed by atoms with Crippen molar-refractivity contribution in [3.05, 3.63) is 93.9 Å². The van der Waals surface area contributed by atoms with Crippen LogP contribution in [0.4, 0.5) is 14.6 Å². The van der Waals surface area contributed by atoms with E-state index in [1.165, 1.54) is 23.2 Å². The minimum Gasteiger partial charge on any atom is -0.366 e. The summed E-state index contributed by atoms with van der Waals surface area (Å²) in [5.41, 5.74) is 1.24. The molecule has 0 bridgehead atoms. The van der Waals surface area contributed by atoms with Crippen LogP contribution in [0, 0.1) is 17.6 Å². The molecule has 2 aromatic heterocycles. The Balaban J connectivity index is 1.30. The fourth-order valence-corrected chi connectivity index (χ4v) is 4.90. The van der Waals surface area contributed by atoms with Gasteiger partial charge in [0.25, 0.3) is 11.5 Å². The summed E-state index contributed by atoms with van der Waals surface area (Å²) in [6.45, 7) is 4.36. The van der Waals surface area contributed by atoms with E-state index in [9.17, 15) is 18.4 Å². The number of carbonyl (C=O) groups excluding carboxylic acids is 1. The Kier molecular flexibility index (Phi) is 7.60. The van der Waals surface area contributed by atoms with Crippen LogP contribution < -0.4 is 16.2 Å². The summed E-state index contributed by atoms with van der Waals surface area (Å²) in [6.07, 6.45) is 5.00. The molecule has 0 aliphatic carbocycles. The lowest BCUT2D eigenvalue weighted by Crippen LogP contribution is -2.43. The first kappa shape index (κ1) is 26.4. The molecule has 9 nitrogen and oxygen atoms in total. The van der Waals surface area contributed by atoms with Crippen LogP contribution in [-0.4, -0.2) is 56.5 Å². The van der Waals surface area contributed by atoms with Gasteiger partial charge in [-0.1, -0.05) is 19.1 Å². The standard InChI is InChI=1S/C28H29F2N7O2/c1-17-13-36(2)8-7-24(17)35-26-20-9-18(4-6-25(20)33-15-34-26)11-32-27(38)21-12-31-16-37(28(21)39)14-19-3-5-22(29)23(30)10-19/h3-6,9-10,12,15-17,24H,7-8,11,13-14H2,1-2H3,(H,32,38)(H,33,34,35). The minimum absolute atomic E-state index is 0.0551. The molecular weight excluding hydrogens is 504 g/mol. The number of fused-ring (bicyclic) bond motifs is 1. The molecule has 0 spiro atoms. The molecule has 11 heteroatoms. The van der Waals surface area contributed by atoms with Crippen LogP contribution in [0.25, 0.3) is 10.9 Å². The second-order valence-corrected chi connectivity index (χ2v) is 10.0. The van der Waals surface area contributed by atoms with E-state index < -0.39 is 23.1 Å². The molecule has 1 aliphatic rings. The molecule has 4 aromatic rings. The second kappa shape index (κ2) is 11.2. The number of amides is 1. The van der Waals surface area contributed by atoms with Gasteiger partial charge < -0.3 is 15.5 Å². The van der Waals surface area contributed by atoms with Gasteiger partial charge in [-0.15, -0.1) is 0 Å². The van der Waals surface area contributed by atoms with Crippen molar-refractivity contribution in [1.82, 2.24) is 29.7 Å². The molecule has 2 aromatic carbocycles. The molecule has 2 unspecified atom stereocenters. The Bertz CT molecular complexity index is 1580. The van der Waals surface area contributed by atoms with Crippen LogP contribution in [0.3, 0.4) is 0 Å². The predicted octanol–water partition coefficient (Wildman–Crippen LogP) is 3.20. The van der Waals surface area contributed by atoms with Crippen molar-refractivity contribution >= 4 is 22.6 Å². The van der Waals surface area contributed by atoms with Crippen molar-refractivity contribution in [2.45, 2.75) is 32.5 Å². The van der Waals surface area contributed by atoms with Gasteiger partial charge in [-0.25, -0.2) is 23.7 Å². The van der Waals surface area contributed by atoms with Gasteiger partial charge in [0.2, 0.25) is 0 Å². The maximum atomic E-state index is 13.6. The summed E-state index contributed by atoms with van der Waals surface area (Å²) in [5.74, 6) is -1.36. The third kappa shape index (κ3) is 5.93. The highest BCUT2D eigenvalue weighted by Gasteiger charge is 2.25. The number of aromatic nitrogens is 4. The van der Waals surface area contributed by atoms with Crippen LogP contribution in [-0.2, 0) is 13.1 Å². The molecule has 3 heterocycles. The highest BCUT2D eigenvalue weighted by molar-refractivity contribution is 5.93. The first-order valence-corrected chi connectivity index (χ1v) is 12.7. The fourth-order valence-electron chi connectivity index (χ4n) is 4.90. The van der Waals surface area contributed by atoms with Crippen molar-refractivity contribution in [1.29, 1.82) is 0 Å². The van der Waals surface area contributed by atoms with E-state index in [4.69, 9.17) is 0 Å². The zero-order valence-corrected chi connectivity index (χ0v) is 21.7. The lowest BCUT2D eigenvalue weighted by atomic mass is 9.94. The van der Waals surface area contributed by atoms with E-state index in [2.05, 4.69) is 44.5 Å². The first-order valence-electron chi connectivity index (χ1n) is 12.7. The van der Waals surface area contributed by atoms with Gasteiger partial charge in [-0.2, -0.15) is 0 Å². The van der Waals surface area contributed by atoms with Crippen molar-refractivity contribution < 1.29 is 13.6 Å². The van der Waals surface area contributed by atoms with Gasteiger partial charge in [0.1, 0.15) is 17.7 Å². The Morgan fingerprint density at radius 2 is 1.92 bits per heavy atom.